The van der Waals surface area contributed by atoms with Crippen LogP contribution in [0.5, 0.6) is 17.4 Å². The van der Waals surface area contributed by atoms with E-state index >= 15 is 0 Å². The lowest BCUT2D eigenvalue weighted by Gasteiger charge is -2.32. The van der Waals surface area contributed by atoms with Crippen molar-refractivity contribution in [1.82, 2.24) is 48.8 Å². The van der Waals surface area contributed by atoms with Crippen LogP contribution in [0.4, 0.5) is 17.6 Å². The van der Waals surface area contributed by atoms with E-state index in [9.17, 15) is 53.6 Å². The van der Waals surface area contributed by atoms with Crippen molar-refractivity contribution in [3.8, 4) is 29.5 Å². The lowest BCUT2D eigenvalue weighted by atomic mass is 9.84. The first-order chi connectivity index (χ1) is 49.0. The second-order valence-electron chi connectivity index (χ2n) is 25.3. The number of fused-ring (bicyclic) bond motifs is 2. The first kappa shape index (κ1) is 80.8. The van der Waals surface area contributed by atoms with Gasteiger partial charge in [0.1, 0.15) is 76.6 Å². The predicted molar refractivity (Wildman–Crippen MR) is 366 cm³/mol. The number of carbonyl (C=O) groups is 2. The van der Waals surface area contributed by atoms with Gasteiger partial charge < -0.3 is 69.7 Å². The highest BCUT2D eigenvalue weighted by molar-refractivity contribution is 7.52. The third kappa shape index (κ3) is 18.6. The summed E-state index contributed by atoms with van der Waals surface area (Å²) in [5.74, 6) is -0.831. The number of imidazole rings is 1. The van der Waals surface area contributed by atoms with Crippen LogP contribution in [0.1, 0.15) is 102 Å². The number of esters is 2. The fourth-order valence-corrected chi connectivity index (χ4v) is 15.5. The molecule has 4 aliphatic heterocycles. The van der Waals surface area contributed by atoms with Gasteiger partial charge in [0.05, 0.1) is 63.2 Å². The van der Waals surface area contributed by atoms with Gasteiger partial charge >= 0.3 is 52.2 Å². The number of carbonyl (C=O) groups excluding carboxylic acids is 2. The zero-order chi connectivity index (χ0) is 76.4. The summed E-state index contributed by atoms with van der Waals surface area (Å²) in [6.07, 6.45) is -7.25. The second kappa shape index (κ2) is 33.5. The number of nitrogens with one attached hydrogen (secondary N) is 2. The number of phosphoric ester groups is 1. The fraction of sp³-hybridized carbons (Fsp3) is 0.524. The summed E-state index contributed by atoms with van der Waals surface area (Å²) < 4.78 is 116. The molecule has 10 rings (SSSR count). The quantitative estimate of drug-likeness (QED) is 0.0201. The van der Waals surface area contributed by atoms with E-state index in [-0.39, 0.29) is 58.8 Å². The van der Waals surface area contributed by atoms with Gasteiger partial charge in [0.25, 0.3) is 0 Å². The van der Waals surface area contributed by atoms with Crippen LogP contribution in [0.25, 0.3) is 16.0 Å². The molecule has 17 atom stereocenters. The summed E-state index contributed by atoms with van der Waals surface area (Å²) in [5, 5.41) is 47.2. The maximum absolute atomic E-state index is 13.9. The number of nitrogens with zero attached hydrogens (tertiary/aromatic N) is 11. The number of aliphatic hydroxyl groups is 2. The van der Waals surface area contributed by atoms with E-state index in [1.807, 2.05) is 6.07 Å². The number of benzene rings is 2. The van der Waals surface area contributed by atoms with Gasteiger partial charge in [0.2, 0.25) is 18.1 Å². The van der Waals surface area contributed by atoms with Crippen molar-refractivity contribution in [2.45, 2.75) is 174 Å². The van der Waals surface area contributed by atoms with Crippen LogP contribution in [-0.4, -0.2) is 160 Å². The average molecular weight is 1510 g/mol. The smallest absolute Gasteiger partial charge is 0.475 e. The fourth-order valence-electron chi connectivity index (χ4n) is 10.9. The molecule has 3 unspecified atom stereocenters. The number of hydrogen-bond donors (Lipinski definition) is 7. The highest BCUT2D eigenvalue weighted by Gasteiger charge is 2.66. The normalized spacial score (nSPS) is 28.0. The molecular weight excluding hydrogens is 1430 g/mol. The van der Waals surface area contributed by atoms with Crippen molar-refractivity contribution in [3.05, 3.63) is 124 Å². The topological polar surface area (TPSA) is 513 Å². The molecule has 6 aromatic rings. The van der Waals surface area contributed by atoms with Crippen LogP contribution in [0.15, 0.2) is 101 Å². The Morgan fingerprint density at radius 2 is 1.17 bits per heavy atom. The van der Waals surface area contributed by atoms with E-state index in [2.05, 4.69) is 46.0 Å². The minimum absolute atomic E-state index is 0.0199. The maximum atomic E-state index is 13.9. The molecule has 4 saturated heterocycles. The molecule has 0 spiro atoms. The van der Waals surface area contributed by atoms with Crippen LogP contribution in [0.2, 0.25) is 0 Å². The molecule has 0 saturated carbocycles. The molecule has 2 aromatic carbocycles. The van der Waals surface area contributed by atoms with Gasteiger partial charge in [-0.3, -0.25) is 45.9 Å². The van der Waals surface area contributed by atoms with Crippen molar-refractivity contribution in [3.63, 3.8) is 0 Å². The second-order valence-corrected chi connectivity index (χ2v) is 30.3. The minimum atomic E-state index is -4.26. The lowest BCUT2D eigenvalue weighted by Crippen LogP contribution is -2.47. The number of para-hydroxylation sites is 2. The third-order valence-corrected chi connectivity index (χ3v) is 20.9. The molecule has 38 nitrogen and oxygen atoms in total. The number of ether oxygens (including phenoxy) is 6. The van der Waals surface area contributed by atoms with Gasteiger partial charge in [-0.25, -0.2) is 34.8 Å². The maximum Gasteiger partial charge on any atom is 0.475 e. The van der Waals surface area contributed by atoms with Crippen LogP contribution < -0.4 is 52.5 Å². The highest BCUT2D eigenvalue weighted by atomic mass is 31.2. The van der Waals surface area contributed by atoms with Crippen LogP contribution >= 0.6 is 23.3 Å². The zero-order valence-electron chi connectivity index (χ0n) is 58.6. The summed E-state index contributed by atoms with van der Waals surface area (Å²) in [5.41, 5.74) is 11.6. The number of aliphatic hydroxyl groups excluding tert-OH is 2. The van der Waals surface area contributed by atoms with Gasteiger partial charge in [-0.05, 0) is 113 Å². The lowest BCUT2D eigenvalue weighted by molar-refractivity contribution is -0.150. The molecule has 4 aromatic heterocycles. The Morgan fingerprint density at radius 1 is 0.712 bits per heavy atom. The minimum Gasteiger partial charge on any atom is -0.476 e. The summed E-state index contributed by atoms with van der Waals surface area (Å²) in [6.45, 7) is 26.1. The number of hydrogen-bond acceptors (Lipinski definition) is 32. The monoisotopic (exact) mass is 1510 g/mol. The van der Waals surface area contributed by atoms with Gasteiger partial charge in [-0.15, -0.1) is 0 Å². The summed E-state index contributed by atoms with van der Waals surface area (Å²) >= 11 is 0. The van der Waals surface area contributed by atoms with Crippen molar-refractivity contribution in [2.75, 3.05) is 43.6 Å². The first-order valence-corrected chi connectivity index (χ1v) is 36.9. The zero-order valence-corrected chi connectivity index (χ0v) is 61.3. The average Bonchev–Trinajstić information content (AvgIpc) is 1.59. The van der Waals surface area contributed by atoms with E-state index in [1.165, 1.54) is 67.7 Å². The molecule has 0 radical (unpaired) electrons. The predicted octanol–water partition coefficient (Wildman–Crippen LogP) is 5.83. The number of nitrogen functional groups attached to an aromatic ring is 3. The van der Waals surface area contributed by atoms with Gasteiger partial charge in [-0.2, -0.15) is 40.6 Å². The molecule has 4 aliphatic rings. The standard InChI is InChI=1S/C26H34N7O8P.C23H30N5O8P.C14H19N4O6P/c1-6-37-22-19-21(30-25(28)31-22)33(14-29-19)24-26(5,13-27)20(34)18(40-24)12-38-42(36,41-17-10-8-7-9-11-17)32-16(4)23(35)39-15(2)3;1-14(2)34-20(30)15(3)27-37(32,36-16-8-6-5-7-9-16)33-12-17-19(29)23(4,13-24)21(35-17)28-11-10-18(25)26-22(28)31;1-8(2)23-25(20)21-7-9-11(24-25)14(3,16-4)12(22-9)18-6-5-10(15)17-13(18)19/h7-11,14-16,18,20,24,34H,6,12H2,1-5H3,(H,32,36)(H2,28,30,31);5-11,14-15,17,19,21,29H,12H2,1-4H3,(H,27,32)(H2,25,26,31);5-6,8-9,11-12H,7H2,1-3H3,(H2,15,17,19)/t16-,18+,20+,24+,26+,42?;15-,17+,19+,21+,23+,37?;9-,11-,12-,14-,25?/m001/s1. The van der Waals surface area contributed by atoms with E-state index in [0.29, 0.717) is 6.61 Å². The summed E-state index contributed by atoms with van der Waals surface area (Å²) in [7, 11) is -12.3. The van der Waals surface area contributed by atoms with Crippen molar-refractivity contribution in [2.24, 2.45) is 10.8 Å². The Bertz CT molecular complexity index is 4430. The molecule has 562 valence electrons. The van der Waals surface area contributed by atoms with E-state index in [1.54, 1.807) is 116 Å². The Kier molecular flexibility index (Phi) is 26.1. The number of anilines is 3. The molecule has 4 fully saturated rings. The third-order valence-electron chi connectivity index (χ3n) is 16.0. The molecule has 10 N–H and O–H groups in total. The van der Waals surface area contributed by atoms with Gasteiger partial charge in [0.15, 0.2) is 29.7 Å². The largest absolute Gasteiger partial charge is 0.476 e. The number of rotatable bonds is 25. The number of nitrogens with two attached hydrogens (primary N) is 3. The summed E-state index contributed by atoms with van der Waals surface area (Å²) in [6, 6.07) is 21.1. The van der Waals surface area contributed by atoms with E-state index in [0.717, 1.165) is 4.57 Å². The Hall–Kier alpha value is -8.83. The van der Waals surface area contributed by atoms with Crippen LogP contribution in [0, 0.1) is 40.1 Å². The van der Waals surface area contributed by atoms with Gasteiger partial charge in [0, 0.05) is 19.3 Å². The molecule has 41 heteroatoms. The Morgan fingerprint density at radius 3 is 1.60 bits per heavy atom. The summed E-state index contributed by atoms with van der Waals surface area (Å²) in [4.78, 5) is 72.8. The van der Waals surface area contributed by atoms with Crippen LogP contribution in [-0.2, 0) is 69.6 Å². The molecule has 104 heavy (non-hydrogen) atoms. The molecule has 0 aliphatic carbocycles. The number of nitriles is 2. The molecule has 8 heterocycles. The van der Waals surface area contributed by atoms with E-state index < -0.39 is 156 Å². The SMILES string of the molecule is CC(C)OC(=O)[C@H](C)NP(=O)(OC[C@H]1O[C@@H](n2ccc(N)nc2=O)[C@](C)(C#N)[C@@H]1O)Oc1ccccc1.CCOc1nc(N)nc2c1ncn2[C@@H]1O[C@H](COP(=O)(N[C@@H](C)C(=O)OC(C)C)Oc2ccccc2)[C@@H](O)[C@@]1(C)C#N.[C-]#[N+][C@]1(C)[C@@H]2OP(=O)(OC(C)C)OC[C@H]2O[C@H]1n1ccc(N)nc1=O. The molecule has 0 amide bonds. The van der Waals surface area contributed by atoms with Crippen molar-refractivity contribution >= 4 is 64.0 Å². The highest BCUT2D eigenvalue weighted by Crippen LogP contribution is 2.60. The molecular formula is C63H83N16O22P3. The number of aromatic nitrogens is 8. The molecule has 0 bridgehead atoms. The Balaban J connectivity index is 0.000000203. The van der Waals surface area contributed by atoms with Crippen molar-refractivity contribution < 1.29 is 93.6 Å². The first-order valence-electron chi connectivity index (χ1n) is 32.4. The van der Waals surface area contributed by atoms with Gasteiger partial charge in [-0.1, -0.05) is 36.4 Å². The van der Waals surface area contributed by atoms with Crippen molar-refractivity contribution in [1.29, 1.82) is 10.5 Å². The van der Waals surface area contributed by atoms with Crippen LogP contribution in [0.3, 0.4) is 0 Å². The van der Waals surface area contributed by atoms with E-state index in [4.69, 9.17) is 83.9 Å². The Labute approximate surface area is 596 Å². The number of phosphoric acid groups is 1.